The fourth-order valence-electron chi connectivity index (χ4n) is 3.16. The highest BCUT2D eigenvalue weighted by molar-refractivity contribution is 5.78. The molecule has 1 heterocycles. The smallest absolute Gasteiger partial charge is 0.410 e. The lowest BCUT2D eigenvalue weighted by atomic mass is 9.80. The molecular weight excluding hydrogens is 318 g/mol. The molecule has 0 aliphatic carbocycles. The first kappa shape index (κ1) is 19.3. The van der Waals surface area contributed by atoms with Gasteiger partial charge in [-0.25, -0.2) is 4.79 Å². The quantitative estimate of drug-likeness (QED) is 0.892. The predicted octanol–water partition coefficient (Wildman–Crippen LogP) is 4.06. The minimum Gasteiger partial charge on any atom is -0.481 e. The summed E-state index contributed by atoms with van der Waals surface area (Å²) >= 11 is 0. The molecule has 1 fully saturated rings. The summed E-state index contributed by atoms with van der Waals surface area (Å²) in [6, 6.07) is 8.10. The van der Waals surface area contributed by atoms with Crippen LogP contribution in [0.2, 0.25) is 0 Å². The Morgan fingerprint density at radius 2 is 1.84 bits per heavy atom. The minimum absolute atomic E-state index is 0.184. The van der Waals surface area contributed by atoms with Crippen LogP contribution in [0.15, 0.2) is 24.3 Å². The van der Waals surface area contributed by atoms with Gasteiger partial charge in [0.05, 0.1) is 5.41 Å². The molecule has 0 bridgehead atoms. The van der Waals surface area contributed by atoms with E-state index in [2.05, 4.69) is 26.0 Å². The number of nitrogens with zero attached hydrogens (tertiary/aromatic N) is 1. The lowest BCUT2D eigenvalue weighted by molar-refractivity contribution is -0.148. The number of hydrogen-bond acceptors (Lipinski definition) is 3. The first-order valence-electron chi connectivity index (χ1n) is 8.83. The van der Waals surface area contributed by atoms with Gasteiger partial charge in [0.2, 0.25) is 0 Å². The second kappa shape index (κ2) is 7.06. The molecule has 25 heavy (non-hydrogen) atoms. The third kappa shape index (κ3) is 4.74. The fourth-order valence-corrected chi connectivity index (χ4v) is 3.16. The van der Waals surface area contributed by atoms with Gasteiger partial charge in [-0.05, 0) is 50.7 Å². The summed E-state index contributed by atoms with van der Waals surface area (Å²) in [5, 5.41) is 9.82. The Kier molecular flexibility index (Phi) is 5.45. The Bertz CT molecular complexity index is 630. The van der Waals surface area contributed by atoms with Gasteiger partial charge in [0.15, 0.2) is 0 Å². The van der Waals surface area contributed by atoms with E-state index in [9.17, 15) is 14.7 Å². The highest BCUT2D eigenvalue weighted by Gasteiger charge is 2.47. The Hall–Kier alpha value is -2.04. The van der Waals surface area contributed by atoms with Gasteiger partial charge in [-0.15, -0.1) is 0 Å². The van der Waals surface area contributed by atoms with Crippen molar-refractivity contribution in [1.82, 2.24) is 4.90 Å². The zero-order chi connectivity index (χ0) is 18.8. The molecule has 2 rings (SSSR count). The van der Waals surface area contributed by atoms with Crippen LogP contribution in [0.3, 0.4) is 0 Å². The summed E-state index contributed by atoms with van der Waals surface area (Å²) in [5.74, 6) is -0.414. The molecule has 0 radical (unpaired) electrons. The molecule has 0 saturated carbocycles. The molecule has 5 nitrogen and oxygen atoms in total. The van der Waals surface area contributed by atoms with Crippen molar-refractivity contribution in [2.45, 2.75) is 59.0 Å². The number of carboxylic acids is 1. The summed E-state index contributed by atoms with van der Waals surface area (Å²) in [4.78, 5) is 25.7. The standard InChI is InChI=1S/C20H29NO4/c1-14(2)16-8-6-15(7-9-16)12-20(17(22)23)10-11-21(13-20)18(24)25-19(3,4)5/h6-9,14H,10-13H2,1-5H3,(H,22,23). The number of rotatable bonds is 4. The number of carbonyl (C=O) groups is 2. The van der Waals surface area contributed by atoms with Crippen LogP contribution in [-0.4, -0.2) is 40.8 Å². The van der Waals surface area contributed by atoms with Crippen LogP contribution in [-0.2, 0) is 16.0 Å². The summed E-state index contributed by atoms with van der Waals surface area (Å²) in [6.45, 7) is 10.3. The van der Waals surface area contributed by atoms with Crippen LogP contribution in [0.4, 0.5) is 4.79 Å². The second-order valence-corrected chi connectivity index (χ2v) is 8.31. The molecule has 0 aromatic heterocycles. The molecule has 1 aliphatic heterocycles. The average Bonchev–Trinajstić information content (AvgIpc) is 2.92. The first-order chi connectivity index (χ1) is 11.5. The number of benzene rings is 1. The molecule has 0 spiro atoms. The van der Waals surface area contributed by atoms with Gasteiger partial charge >= 0.3 is 12.1 Å². The number of amides is 1. The van der Waals surface area contributed by atoms with Gasteiger partial charge in [-0.2, -0.15) is 0 Å². The predicted molar refractivity (Wildman–Crippen MR) is 96.7 cm³/mol. The zero-order valence-electron chi connectivity index (χ0n) is 15.8. The van der Waals surface area contributed by atoms with Gasteiger partial charge in [0.25, 0.3) is 0 Å². The van der Waals surface area contributed by atoms with Crippen molar-refractivity contribution in [3.8, 4) is 0 Å². The highest BCUT2D eigenvalue weighted by Crippen LogP contribution is 2.35. The van der Waals surface area contributed by atoms with Crippen molar-refractivity contribution in [3.05, 3.63) is 35.4 Å². The number of hydrogen-bond donors (Lipinski definition) is 1. The molecule has 1 atom stereocenters. The number of carboxylic acid groups (broad SMARTS) is 1. The van der Waals surface area contributed by atoms with Crippen LogP contribution in [0.25, 0.3) is 0 Å². The van der Waals surface area contributed by atoms with E-state index in [0.717, 1.165) is 5.56 Å². The Labute approximate surface area is 150 Å². The maximum absolute atomic E-state index is 12.3. The summed E-state index contributed by atoms with van der Waals surface area (Å²) in [6.07, 6.45) is 0.416. The van der Waals surface area contributed by atoms with E-state index in [0.29, 0.717) is 25.3 Å². The van der Waals surface area contributed by atoms with Gasteiger partial charge in [-0.1, -0.05) is 38.1 Å². The van der Waals surface area contributed by atoms with E-state index >= 15 is 0 Å². The van der Waals surface area contributed by atoms with Crippen molar-refractivity contribution in [3.63, 3.8) is 0 Å². The summed E-state index contributed by atoms with van der Waals surface area (Å²) in [5.41, 5.74) is 0.682. The maximum atomic E-state index is 12.3. The van der Waals surface area contributed by atoms with E-state index in [1.54, 1.807) is 0 Å². The maximum Gasteiger partial charge on any atom is 0.410 e. The molecular formula is C20H29NO4. The zero-order valence-corrected chi connectivity index (χ0v) is 15.8. The number of aliphatic carboxylic acids is 1. The third-order valence-corrected chi connectivity index (χ3v) is 4.65. The van der Waals surface area contributed by atoms with Gasteiger partial charge in [0.1, 0.15) is 5.60 Å². The molecule has 138 valence electrons. The normalized spacial score (nSPS) is 20.8. The summed E-state index contributed by atoms with van der Waals surface area (Å²) in [7, 11) is 0. The molecule has 1 aromatic rings. The molecule has 1 aromatic carbocycles. The van der Waals surface area contributed by atoms with Crippen molar-refractivity contribution in [2.75, 3.05) is 13.1 Å². The van der Waals surface area contributed by atoms with E-state index < -0.39 is 23.1 Å². The molecule has 1 N–H and O–H groups in total. The van der Waals surface area contributed by atoms with Crippen LogP contribution in [0.5, 0.6) is 0 Å². The van der Waals surface area contributed by atoms with Gasteiger partial charge < -0.3 is 14.7 Å². The number of ether oxygens (including phenoxy) is 1. The summed E-state index contributed by atoms with van der Waals surface area (Å²) < 4.78 is 5.38. The SMILES string of the molecule is CC(C)c1ccc(CC2(C(=O)O)CCN(C(=O)OC(C)(C)C)C2)cc1. The minimum atomic E-state index is -0.948. The lowest BCUT2D eigenvalue weighted by Gasteiger charge is -2.27. The lowest BCUT2D eigenvalue weighted by Crippen LogP contribution is -2.40. The largest absolute Gasteiger partial charge is 0.481 e. The second-order valence-electron chi connectivity index (χ2n) is 8.31. The average molecular weight is 347 g/mol. The highest BCUT2D eigenvalue weighted by atomic mass is 16.6. The van der Waals surface area contributed by atoms with E-state index in [1.165, 1.54) is 10.5 Å². The van der Waals surface area contributed by atoms with Gasteiger partial charge in [0, 0.05) is 13.1 Å². The molecule has 1 saturated heterocycles. The van der Waals surface area contributed by atoms with Crippen molar-refractivity contribution in [2.24, 2.45) is 5.41 Å². The Balaban J connectivity index is 2.12. The fraction of sp³-hybridized carbons (Fsp3) is 0.600. The number of carbonyl (C=O) groups excluding carboxylic acids is 1. The third-order valence-electron chi connectivity index (χ3n) is 4.65. The molecule has 1 amide bonds. The van der Waals surface area contributed by atoms with E-state index in [1.807, 2.05) is 32.9 Å². The Morgan fingerprint density at radius 3 is 2.32 bits per heavy atom. The molecule has 5 heteroatoms. The Morgan fingerprint density at radius 1 is 1.24 bits per heavy atom. The van der Waals surface area contributed by atoms with Crippen molar-refractivity contribution >= 4 is 12.1 Å². The van der Waals surface area contributed by atoms with Gasteiger partial charge in [-0.3, -0.25) is 4.79 Å². The van der Waals surface area contributed by atoms with Crippen molar-refractivity contribution < 1.29 is 19.4 Å². The van der Waals surface area contributed by atoms with E-state index in [4.69, 9.17) is 4.74 Å². The molecule has 1 aliphatic rings. The topological polar surface area (TPSA) is 66.8 Å². The van der Waals surface area contributed by atoms with Crippen LogP contribution < -0.4 is 0 Å². The first-order valence-corrected chi connectivity index (χ1v) is 8.83. The molecule has 1 unspecified atom stereocenters. The van der Waals surface area contributed by atoms with Crippen LogP contribution in [0.1, 0.15) is 58.1 Å². The monoisotopic (exact) mass is 347 g/mol. The number of likely N-dealkylation sites (tertiary alicyclic amines) is 1. The van der Waals surface area contributed by atoms with Crippen LogP contribution >= 0.6 is 0 Å². The van der Waals surface area contributed by atoms with E-state index in [-0.39, 0.29) is 6.54 Å². The van der Waals surface area contributed by atoms with Crippen LogP contribution in [0, 0.1) is 5.41 Å². The van der Waals surface area contributed by atoms with Crippen molar-refractivity contribution in [1.29, 1.82) is 0 Å².